The van der Waals surface area contributed by atoms with E-state index in [0.717, 1.165) is 18.4 Å². The Hall–Kier alpha value is -2.33. The van der Waals surface area contributed by atoms with Gasteiger partial charge in [0.05, 0.1) is 31.5 Å². The van der Waals surface area contributed by atoms with Crippen LogP contribution in [-0.2, 0) is 25.6 Å². The fourth-order valence-electron chi connectivity index (χ4n) is 6.94. The summed E-state index contributed by atoms with van der Waals surface area (Å²) in [6.45, 7) is 20.3. The van der Waals surface area contributed by atoms with E-state index in [4.69, 9.17) is 14.2 Å². The molecule has 1 fully saturated rings. The number of carbonyl (C=O) groups is 1. The molecule has 6 atom stereocenters. The Bertz CT molecular complexity index is 1240. The summed E-state index contributed by atoms with van der Waals surface area (Å²) >= 11 is 0. The molecule has 1 spiro atoms. The van der Waals surface area contributed by atoms with Gasteiger partial charge in [-0.15, -0.1) is 5.54 Å². The smallest absolute Gasteiger partial charge is 0.315 e. The second kappa shape index (κ2) is 11.6. The van der Waals surface area contributed by atoms with E-state index in [1.54, 1.807) is 6.26 Å². The lowest BCUT2D eigenvalue weighted by Gasteiger charge is -2.61. The lowest BCUT2D eigenvalue weighted by atomic mass is 9.43. The number of carbonyl (C=O) groups excluding carboxylic acids is 1. The van der Waals surface area contributed by atoms with Gasteiger partial charge >= 0.3 is 5.97 Å². The number of ether oxygens (including phenoxy) is 3. The number of allylic oxidation sites excluding steroid dienone is 2. The highest BCUT2D eigenvalue weighted by Gasteiger charge is 2.65. The maximum absolute atomic E-state index is 14.2. The van der Waals surface area contributed by atoms with E-state index < -0.39 is 36.0 Å². The molecule has 230 valence electrons. The molecule has 2 aliphatic carbocycles. The molecule has 1 N–H and O–H groups in total. The van der Waals surface area contributed by atoms with Crippen LogP contribution in [0, 0.1) is 39.5 Å². The minimum Gasteiger partial charge on any atom is -0.501 e. The van der Waals surface area contributed by atoms with Crippen LogP contribution in [0.3, 0.4) is 0 Å². The van der Waals surface area contributed by atoms with Crippen molar-refractivity contribution in [1.29, 1.82) is 0 Å². The van der Waals surface area contributed by atoms with Crippen molar-refractivity contribution in [3.8, 4) is 11.5 Å². The van der Waals surface area contributed by atoms with Crippen LogP contribution in [0.15, 0.2) is 54.8 Å². The first-order valence-corrected chi connectivity index (χ1v) is 18.5. The highest BCUT2D eigenvalue weighted by Crippen LogP contribution is 2.64. The van der Waals surface area contributed by atoms with Crippen LogP contribution >= 0.6 is 0 Å². The average molecular weight is 593 g/mol. The minimum absolute atomic E-state index is 0.0614. The molecule has 5 nitrogen and oxygen atoms in total. The number of aliphatic hydroxyl groups excluding tert-OH is 1. The molecule has 0 aromatic heterocycles. The van der Waals surface area contributed by atoms with Crippen molar-refractivity contribution < 1.29 is 24.1 Å². The molecular formula is C36H52O5Si. The monoisotopic (exact) mass is 592 g/mol. The Labute approximate surface area is 255 Å². The van der Waals surface area contributed by atoms with E-state index in [1.165, 1.54) is 0 Å². The Morgan fingerprint density at radius 2 is 1.79 bits per heavy atom. The Morgan fingerprint density at radius 1 is 1.10 bits per heavy atom. The van der Waals surface area contributed by atoms with Gasteiger partial charge in [0.15, 0.2) is 0 Å². The van der Waals surface area contributed by atoms with E-state index in [-0.39, 0.29) is 29.5 Å². The number of benzene rings is 1. The van der Waals surface area contributed by atoms with Crippen molar-refractivity contribution in [2.24, 2.45) is 28.1 Å². The molecule has 3 aliphatic rings. The Kier molecular flexibility index (Phi) is 9.02. The normalized spacial score (nSPS) is 31.6. The van der Waals surface area contributed by atoms with Gasteiger partial charge in [-0.2, -0.15) is 0 Å². The third-order valence-corrected chi connectivity index (χ3v) is 14.9. The zero-order chi connectivity index (χ0) is 31.0. The predicted octanol–water partition coefficient (Wildman–Crippen LogP) is 7.47. The van der Waals surface area contributed by atoms with E-state index in [0.29, 0.717) is 19.6 Å². The molecule has 1 aromatic rings. The van der Waals surface area contributed by atoms with Crippen molar-refractivity contribution in [2.75, 3.05) is 13.2 Å². The third-order valence-electron chi connectivity index (χ3n) is 10.4. The van der Waals surface area contributed by atoms with Crippen molar-refractivity contribution in [2.45, 2.75) is 104 Å². The summed E-state index contributed by atoms with van der Waals surface area (Å²) < 4.78 is 18.6. The van der Waals surface area contributed by atoms with Gasteiger partial charge in [0.25, 0.3) is 0 Å². The summed E-state index contributed by atoms with van der Waals surface area (Å²) in [6.07, 6.45) is 9.73. The summed E-state index contributed by atoms with van der Waals surface area (Å²) in [7, 11) is -1.91. The summed E-state index contributed by atoms with van der Waals surface area (Å²) in [4.78, 5) is 14.2. The van der Waals surface area contributed by atoms with Gasteiger partial charge in [-0.25, -0.2) is 0 Å². The van der Waals surface area contributed by atoms with Crippen LogP contribution in [0.5, 0.6) is 0 Å². The average Bonchev–Trinajstić information content (AvgIpc) is 2.90. The Balaban J connectivity index is 1.76. The van der Waals surface area contributed by atoms with Gasteiger partial charge in [-0.05, 0) is 50.3 Å². The SMILES string of the molecule is CC(C)(C)OC(=O)[C@@]1(COCc2ccccc2)CCC[C@]23COC=C[C@H]2[C@](C)(C(O)C#C[Si](C)(C)C(C)(C)C)C=C[C@@H]13. The number of aliphatic hydroxyl groups is 1. The molecular weight excluding hydrogens is 540 g/mol. The summed E-state index contributed by atoms with van der Waals surface area (Å²) in [5.74, 6) is 2.87. The van der Waals surface area contributed by atoms with E-state index in [2.05, 4.69) is 70.5 Å². The number of hydrogen-bond donors (Lipinski definition) is 1. The van der Waals surface area contributed by atoms with Crippen molar-refractivity contribution in [3.63, 3.8) is 0 Å². The van der Waals surface area contributed by atoms with E-state index in [9.17, 15) is 9.90 Å². The van der Waals surface area contributed by atoms with Crippen molar-refractivity contribution in [3.05, 3.63) is 60.4 Å². The van der Waals surface area contributed by atoms with Gasteiger partial charge in [-0.3, -0.25) is 4.79 Å². The summed E-state index contributed by atoms with van der Waals surface area (Å²) in [5, 5.41) is 11.9. The molecule has 1 heterocycles. The van der Waals surface area contributed by atoms with Crippen LogP contribution in [-0.4, -0.2) is 44.1 Å². The second-order valence-electron chi connectivity index (χ2n) is 15.6. The minimum atomic E-state index is -1.91. The molecule has 1 unspecified atom stereocenters. The molecule has 1 aromatic carbocycles. The highest BCUT2D eigenvalue weighted by atomic mass is 28.3. The van der Waals surface area contributed by atoms with Crippen LogP contribution < -0.4 is 0 Å². The van der Waals surface area contributed by atoms with Crippen molar-refractivity contribution in [1.82, 2.24) is 0 Å². The van der Waals surface area contributed by atoms with Crippen molar-refractivity contribution >= 4 is 14.0 Å². The fraction of sp³-hybridized carbons (Fsp3) is 0.639. The van der Waals surface area contributed by atoms with Crippen LogP contribution in [0.1, 0.15) is 73.3 Å². The number of rotatable bonds is 6. The Morgan fingerprint density at radius 3 is 2.43 bits per heavy atom. The lowest BCUT2D eigenvalue weighted by molar-refractivity contribution is -0.196. The summed E-state index contributed by atoms with van der Waals surface area (Å²) in [6, 6.07) is 10.1. The maximum atomic E-state index is 14.2. The topological polar surface area (TPSA) is 65.0 Å². The quantitative estimate of drug-likeness (QED) is 0.161. The molecule has 42 heavy (non-hydrogen) atoms. The molecule has 0 bridgehead atoms. The van der Waals surface area contributed by atoms with Crippen LogP contribution in [0.2, 0.25) is 18.1 Å². The predicted molar refractivity (Wildman–Crippen MR) is 171 cm³/mol. The standard InChI is InChI=1S/C36H52O5Si/c1-32(2,3)41-31(38)36(26-40-24-27-14-11-10-12-15-27)20-13-19-35-25-39-22-17-28(35)34(7,21-16-29(35)36)30(37)18-23-42(8,9)33(4,5)6/h10-12,14-17,21-22,28-30,37H,13,19-20,24-26H2,1-9H3/t28-,29+,30?,34+,35-,36+/m0/s1. The molecule has 0 amide bonds. The molecule has 0 saturated heterocycles. The maximum Gasteiger partial charge on any atom is 0.315 e. The lowest BCUT2D eigenvalue weighted by Crippen LogP contribution is -2.63. The first-order valence-electron chi connectivity index (χ1n) is 15.5. The van der Waals surface area contributed by atoms with Gasteiger partial charge < -0.3 is 19.3 Å². The number of hydrogen-bond acceptors (Lipinski definition) is 5. The molecule has 6 heteroatoms. The first kappa shape index (κ1) is 32.6. The largest absolute Gasteiger partial charge is 0.501 e. The zero-order valence-corrected chi connectivity index (χ0v) is 28.3. The van der Waals surface area contributed by atoms with Gasteiger partial charge in [0.1, 0.15) is 19.8 Å². The highest BCUT2D eigenvalue weighted by molar-refractivity contribution is 6.87. The summed E-state index contributed by atoms with van der Waals surface area (Å²) in [5.41, 5.74) is 2.09. The molecule has 4 rings (SSSR count). The van der Waals surface area contributed by atoms with Crippen LogP contribution in [0.4, 0.5) is 0 Å². The first-order chi connectivity index (χ1) is 19.5. The molecule has 1 aliphatic heterocycles. The number of esters is 1. The van der Waals surface area contributed by atoms with Crippen LogP contribution in [0.25, 0.3) is 0 Å². The zero-order valence-electron chi connectivity index (χ0n) is 27.3. The van der Waals surface area contributed by atoms with Gasteiger partial charge in [0.2, 0.25) is 0 Å². The van der Waals surface area contributed by atoms with Gasteiger partial charge in [0, 0.05) is 22.7 Å². The van der Waals surface area contributed by atoms with Gasteiger partial charge in [-0.1, -0.05) is 95.6 Å². The molecule has 0 radical (unpaired) electrons. The second-order valence-corrected chi connectivity index (χ2v) is 20.6. The molecule has 1 saturated carbocycles. The third kappa shape index (κ3) is 6.16. The van der Waals surface area contributed by atoms with E-state index >= 15 is 0 Å². The van der Waals surface area contributed by atoms with E-state index in [1.807, 2.05) is 51.1 Å². The fourth-order valence-corrected chi connectivity index (χ4v) is 7.81.